The van der Waals surface area contributed by atoms with E-state index in [1.807, 2.05) is 22.7 Å². The monoisotopic (exact) mass is 407 g/mol. The van der Waals surface area contributed by atoms with Crippen LogP contribution >= 0.6 is 12.6 Å². The SMILES string of the molecule is O=C(O)NC1Cc2c(nc3ccc(CS)cn23)CC1c1cc(F)c(F)cc1F. The van der Waals surface area contributed by atoms with Crippen molar-refractivity contribution in [2.45, 2.75) is 30.6 Å². The number of nitrogens with zero attached hydrogens (tertiary/aromatic N) is 2. The van der Waals surface area contributed by atoms with Crippen LogP contribution in [0.3, 0.4) is 0 Å². The lowest BCUT2D eigenvalue weighted by Crippen LogP contribution is -2.43. The second-order valence-corrected chi connectivity index (χ2v) is 7.10. The fraction of sp³-hybridized carbons (Fsp3) is 0.263. The number of benzene rings is 1. The molecule has 2 unspecified atom stereocenters. The van der Waals surface area contributed by atoms with Crippen LogP contribution in [0.15, 0.2) is 30.5 Å². The minimum atomic E-state index is -1.28. The Morgan fingerprint density at radius 1 is 1.21 bits per heavy atom. The first-order valence-corrected chi connectivity index (χ1v) is 9.24. The van der Waals surface area contributed by atoms with Crippen LogP contribution in [0.2, 0.25) is 0 Å². The van der Waals surface area contributed by atoms with E-state index in [1.54, 1.807) is 0 Å². The van der Waals surface area contributed by atoms with Gasteiger partial charge in [0.2, 0.25) is 0 Å². The van der Waals surface area contributed by atoms with Crippen molar-refractivity contribution in [3.05, 3.63) is 70.4 Å². The zero-order valence-electron chi connectivity index (χ0n) is 14.5. The standard InChI is InChI=1S/C19H16F3N3O2S/c20-12-5-14(22)13(21)3-10(12)11-4-16-17(6-15(11)24-19(26)27)25-7-9(8-28)1-2-18(25)23-16/h1-3,5,7,11,15,24,28H,4,6,8H2,(H,26,27). The van der Waals surface area contributed by atoms with Crippen LogP contribution in [-0.2, 0) is 18.6 Å². The summed E-state index contributed by atoms with van der Waals surface area (Å²) in [5.74, 6) is -3.56. The second kappa shape index (κ2) is 7.05. The molecule has 0 radical (unpaired) electrons. The number of carbonyl (C=O) groups is 1. The van der Waals surface area contributed by atoms with Gasteiger partial charge in [-0.05, 0) is 23.3 Å². The highest BCUT2D eigenvalue weighted by atomic mass is 32.1. The number of rotatable bonds is 3. The van der Waals surface area contributed by atoms with Gasteiger partial charge in [0.1, 0.15) is 11.5 Å². The second-order valence-electron chi connectivity index (χ2n) is 6.79. The third kappa shape index (κ3) is 3.19. The molecule has 1 aromatic carbocycles. The summed E-state index contributed by atoms with van der Waals surface area (Å²) in [5, 5.41) is 11.6. The van der Waals surface area contributed by atoms with Gasteiger partial charge in [0, 0.05) is 48.5 Å². The number of thiol groups is 1. The highest BCUT2D eigenvalue weighted by molar-refractivity contribution is 7.79. The number of hydrogen-bond donors (Lipinski definition) is 3. The Hall–Kier alpha value is -2.68. The van der Waals surface area contributed by atoms with E-state index in [1.165, 1.54) is 0 Å². The molecule has 2 aromatic heterocycles. The number of pyridine rings is 1. The van der Waals surface area contributed by atoms with Gasteiger partial charge in [0.05, 0.1) is 5.69 Å². The lowest BCUT2D eigenvalue weighted by atomic mass is 9.80. The molecule has 4 rings (SSSR count). The van der Waals surface area contributed by atoms with Crippen molar-refractivity contribution >= 4 is 24.4 Å². The third-order valence-corrected chi connectivity index (χ3v) is 5.47. The number of hydrogen-bond acceptors (Lipinski definition) is 3. The number of carboxylic acid groups (broad SMARTS) is 1. The third-order valence-electron chi connectivity index (χ3n) is 5.10. The average molecular weight is 407 g/mol. The van der Waals surface area contributed by atoms with E-state index < -0.39 is 35.5 Å². The minimum absolute atomic E-state index is 0.0728. The van der Waals surface area contributed by atoms with Gasteiger partial charge >= 0.3 is 6.09 Å². The summed E-state index contributed by atoms with van der Waals surface area (Å²) in [5.41, 5.74) is 3.05. The van der Waals surface area contributed by atoms with Crippen molar-refractivity contribution < 1.29 is 23.1 Å². The van der Waals surface area contributed by atoms with E-state index in [4.69, 9.17) is 0 Å². The lowest BCUT2D eigenvalue weighted by Gasteiger charge is -2.31. The fourth-order valence-electron chi connectivity index (χ4n) is 3.82. The molecule has 28 heavy (non-hydrogen) atoms. The van der Waals surface area contributed by atoms with Gasteiger partial charge in [-0.1, -0.05) is 6.07 Å². The largest absolute Gasteiger partial charge is 0.465 e. The maximum Gasteiger partial charge on any atom is 0.404 e. The molecule has 0 bridgehead atoms. The van der Waals surface area contributed by atoms with Crippen molar-refractivity contribution in [1.82, 2.24) is 14.7 Å². The molecule has 0 saturated carbocycles. The van der Waals surface area contributed by atoms with Crippen LogP contribution in [0.1, 0.15) is 28.4 Å². The Kier molecular flexibility index (Phi) is 4.70. The van der Waals surface area contributed by atoms with E-state index in [0.717, 1.165) is 17.3 Å². The normalized spacial score (nSPS) is 18.9. The first kappa shape index (κ1) is 18.7. The number of nitrogens with one attached hydrogen (secondary N) is 1. The molecule has 0 saturated heterocycles. The quantitative estimate of drug-likeness (QED) is 0.458. The van der Waals surface area contributed by atoms with E-state index in [9.17, 15) is 23.1 Å². The van der Waals surface area contributed by atoms with Gasteiger partial charge in [-0.3, -0.25) is 0 Å². The Morgan fingerprint density at radius 3 is 2.68 bits per heavy atom. The van der Waals surface area contributed by atoms with Crippen molar-refractivity contribution in [3.8, 4) is 0 Å². The highest BCUT2D eigenvalue weighted by Crippen LogP contribution is 2.35. The maximum absolute atomic E-state index is 14.4. The Morgan fingerprint density at radius 2 is 1.96 bits per heavy atom. The summed E-state index contributed by atoms with van der Waals surface area (Å²) in [4.78, 5) is 15.9. The molecular formula is C19H16F3N3O2S. The topological polar surface area (TPSA) is 66.6 Å². The van der Waals surface area contributed by atoms with Crippen LogP contribution in [0, 0.1) is 17.5 Å². The summed E-state index contributed by atoms with van der Waals surface area (Å²) >= 11 is 4.27. The molecule has 2 atom stereocenters. The molecule has 146 valence electrons. The number of amides is 1. The van der Waals surface area contributed by atoms with Crippen LogP contribution in [0.4, 0.5) is 18.0 Å². The predicted molar refractivity (Wildman–Crippen MR) is 99.3 cm³/mol. The van der Waals surface area contributed by atoms with Gasteiger partial charge in [-0.25, -0.2) is 22.9 Å². The van der Waals surface area contributed by atoms with Crippen LogP contribution < -0.4 is 5.32 Å². The Balaban J connectivity index is 1.82. The highest BCUT2D eigenvalue weighted by Gasteiger charge is 2.35. The number of imidazole rings is 1. The molecular weight excluding hydrogens is 391 g/mol. The van der Waals surface area contributed by atoms with Gasteiger partial charge in [0.15, 0.2) is 11.6 Å². The number of aromatic nitrogens is 2. The van der Waals surface area contributed by atoms with Gasteiger partial charge in [-0.2, -0.15) is 12.6 Å². The maximum atomic E-state index is 14.4. The molecule has 9 heteroatoms. The van der Waals surface area contributed by atoms with Crippen LogP contribution in [0.25, 0.3) is 5.65 Å². The molecule has 2 N–H and O–H groups in total. The summed E-state index contributed by atoms with van der Waals surface area (Å²) in [6.45, 7) is 0. The lowest BCUT2D eigenvalue weighted by molar-refractivity contribution is 0.186. The van der Waals surface area contributed by atoms with E-state index >= 15 is 0 Å². The van der Waals surface area contributed by atoms with E-state index in [-0.39, 0.29) is 18.4 Å². The minimum Gasteiger partial charge on any atom is -0.465 e. The summed E-state index contributed by atoms with van der Waals surface area (Å²) in [7, 11) is 0. The molecule has 1 amide bonds. The number of fused-ring (bicyclic) bond motifs is 3. The zero-order chi connectivity index (χ0) is 20.0. The average Bonchev–Trinajstić information content (AvgIpc) is 3.00. The first-order valence-electron chi connectivity index (χ1n) is 8.61. The van der Waals surface area contributed by atoms with Crippen molar-refractivity contribution in [3.63, 3.8) is 0 Å². The molecule has 3 aromatic rings. The van der Waals surface area contributed by atoms with Crippen LogP contribution in [0.5, 0.6) is 0 Å². The summed E-state index contributed by atoms with van der Waals surface area (Å²) < 4.78 is 43.3. The molecule has 2 heterocycles. The van der Waals surface area contributed by atoms with Gasteiger partial charge < -0.3 is 14.8 Å². The van der Waals surface area contributed by atoms with E-state index in [0.29, 0.717) is 23.2 Å². The molecule has 0 spiro atoms. The zero-order valence-corrected chi connectivity index (χ0v) is 15.4. The Labute approximate surface area is 163 Å². The van der Waals surface area contributed by atoms with Gasteiger partial charge in [-0.15, -0.1) is 0 Å². The van der Waals surface area contributed by atoms with Crippen molar-refractivity contribution in [1.29, 1.82) is 0 Å². The van der Waals surface area contributed by atoms with E-state index in [2.05, 4.69) is 22.9 Å². The molecule has 0 aliphatic heterocycles. The molecule has 5 nitrogen and oxygen atoms in total. The first-order chi connectivity index (χ1) is 13.4. The predicted octanol–water partition coefficient (Wildman–Crippen LogP) is 3.70. The smallest absolute Gasteiger partial charge is 0.404 e. The molecule has 1 aliphatic carbocycles. The fourth-order valence-corrected chi connectivity index (χ4v) is 4.01. The molecule has 1 aliphatic rings. The van der Waals surface area contributed by atoms with Crippen LogP contribution in [-0.4, -0.2) is 26.6 Å². The Bertz CT molecular complexity index is 1090. The summed E-state index contributed by atoms with van der Waals surface area (Å²) in [6.07, 6.45) is 1.04. The number of halogens is 3. The van der Waals surface area contributed by atoms with Crippen molar-refractivity contribution in [2.75, 3.05) is 0 Å². The van der Waals surface area contributed by atoms with Gasteiger partial charge in [0.25, 0.3) is 0 Å². The molecule has 0 fully saturated rings. The summed E-state index contributed by atoms with van der Waals surface area (Å²) in [6, 6.07) is 4.28. The van der Waals surface area contributed by atoms with Crippen molar-refractivity contribution in [2.24, 2.45) is 0 Å².